The summed E-state index contributed by atoms with van der Waals surface area (Å²) in [5, 5.41) is 4.34. The number of aromatic nitrogens is 3. The molecule has 0 saturated heterocycles. The highest BCUT2D eigenvalue weighted by Gasteiger charge is 2.23. The Kier molecular flexibility index (Phi) is 8.92. The molecule has 0 bridgehead atoms. The topological polar surface area (TPSA) is 51.8 Å². The third-order valence-corrected chi connectivity index (χ3v) is 10.1. The summed E-state index contributed by atoms with van der Waals surface area (Å²) in [6.07, 6.45) is 16.9. The van der Waals surface area contributed by atoms with Gasteiger partial charge in [-0.2, -0.15) is 0 Å². The number of allylic oxidation sites excluding steroid dienone is 9. The zero-order valence-electron chi connectivity index (χ0n) is 29.8. The van der Waals surface area contributed by atoms with Crippen LogP contribution in [-0.2, 0) is 6.42 Å². The van der Waals surface area contributed by atoms with E-state index in [9.17, 15) is 0 Å². The van der Waals surface area contributed by atoms with Crippen molar-refractivity contribution in [1.29, 1.82) is 0 Å². The van der Waals surface area contributed by atoms with Crippen molar-refractivity contribution in [3.8, 4) is 33.9 Å². The zero-order chi connectivity index (χ0) is 36.3. The minimum Gasteiger partial charge on any atom is -0.456 e. The molecule has 0 atom stereocenters. The summed E-state index contributed by atoms with van der Waals surface area (Å²) in [6, 6.07) is 46.6. The Balaban J connectivity index is 1.24. The van der Waals surface area contributed by atoms with E-state index in [0.717, 1.165) is 74.4 Å². The number of nitrogens with zero attached hydrogens (tertiary/aromatic N) is 3. The highest BCUT2D eigenvalue weighted by atomic mass is 16.3. The molecule has 0 fully saturated rings. The lowest BCUT2D eigenvalue weighted by atomic mass is 9.92. The molecule has 4 heteroatoms. The molecule has 2 heterocycles. The largest absolute Gasteiger partial charge is 0.456 e. The third kappa shape index (κ3) is 6.50. The number of fused-ring (bicyclic) bond motifs is 4. The summed E-state index contributed by atoms with van der Waals surface area (Å²) in [7, 11) is 0. The van der Waals surface area contributed by atoms with Gasteiger partial charge in [-0.05, 0) is 87.7 Å². The van der Waals surface area contributed by atoms with Crippen LogP contribution in [0.5, 0.6) is 0 Å². The Hall–Kier alpha value is -6.91. The Morgan fingerprint density at radius 1 is 0.556 bits per heavy atom. The highest BCUT2D eigenvalue weighted by molar-refractivity contribution is 6.15. The van der Waals surface area contributed by atoms with Crippen molar-refractivity contribution in [3.63, 3.8) is 0 Å². The van der Waals surface area contributed by atoms with Gasteiger partial charge in [-0.3, -0.25) is 0 Å². The van der Waals surface area contributed by atoms with Crippen LogP contribution in [0.4, 0.5) is 0 Å². The van der Waals surface area contributed by atoms with Gasteiger partial charge in [0, 0.05) is 21.9 Å². The molecule has 8 aromatic rings. The smallest absolute Gasteiger partial charge is 0.165 e. The maximum absolute atomic E-state index is 6.45. The average Bonchev–Trinajstić information content (AvgIpc) is 3.62. The number of para-hydroxylation sites is 1. The molecule has 1 aliphatic carbocycles. The predicted molar refractivity (Wildman–Crippen MR) is 225 cm³/mol. The van der Waals surface area contributed by atoms with Crippen LogP contribution >= 0.6 is 0 Å². The normalized spacial score (nSPS) is 13.3. The molecule has 0 spiro atoms. The SMILES string of the molecule is C=C/C=C\C=C/Cc1ccc(-c2ccc3oc4ccccc4c3c2-c2nc(C3=CC=C(c4ccccc4)CC3)nc(-c3ccc4ccccc4c3)n2)cc1. The van der Waals surface area contributed by atoms with Crippen LogP contribution in [-0.4, -0.2) is 15.0 Å². The summed E-state index contributed by atoms with van der Waals surface area (Å²) in [4.78, 5) is 15.8. The Labute approximate surface area is 314 Å². The number of furan rings is 1. The maximum Gasteiger partial charge on any atom is 0.165 e. The Bertz CT molecular complexity index is 2800. The van der Waals surface area contributed by atoms with E-state index in [4.69, 9.17) is 19.4 Å². The molecule has 0 unspecified atom stereocenters. The van der Waals surface area contributed by atoms with E-state index >= 15 is 0 Å². The van der Waals surface area contributed by atoms with Crippen LogP contribution in [0, 0.1) is 0 Å². The highest BCUT2D eigenvalue weighted by Crippen LogP contribution is 2.43. The van der Waals surface area contributed by atoms with Crippen molar-refractivity contribution in [2.45, 2.75) is 19.3 Å². The van der Waals surface area contributed by atoms with Crippen LogP contribution < -0.4 is 0 Å². The molecule has 9 rings (SSSR count). The van der Waals surface area contributed by atoms with Crippen molar-refractivity contribution in [2.75, 3.05) is 0 Å². The van der Waals surface area contributed by atoms with Gasteiger partial charge in [-0.15, -0.1) is 0 Å². The zero-order valence-corrected chi connectivity index (χ0v) is 29.8. The summed E-state index contributed by atoms with van der Waals surface area (Å²) in [6.45, 7) is 3.74. The number of rotatable bonds is 9. The van der Waals surface area contributed by atoms with E-state index in [-0.39, 0.29) is 0 Å². The number of hydrogen-bond donors (Lipinski definition) is 0. The Morgan fingerprint density at radius 3 is 2.11 bits per heavy atom. The van der Waals surface area contributed by atoms with Gasteiger partial charge >= 0.3 is 0 Å². The lowest BCUT2D eigenvalue weighted by Gasteiger charge is -2.17. The van der Waals surface area contributed by atoms with Crippen LogP contribution in [0.15, 0.2) is 187 Å². The summed E-state index contributed by atoms with van der Waals surface area (Å²) < 4.78 is 6.45. The first kappa shape index (κ1) is 33.0. The van der Waals surface area contributed by atoms with E-state index in [1.54, 1.807) is 6.08 Å². The van der Waals surface area contributed by atoms with Gasteiger partial charge in [0.05, 0.1) is 0 Å². The summed E-state index contributed by atoms with van der Waals surface area (Å²) in [5.74, 6) is 1.95. The molecule has 0 radical (unpaired) electrons. The Morgan fingerprint density at radius 2 is 1.28 bits per heavy atom. The average molecular weight is 696 g/mol. The second-order valence-electron chi connectivity index (χ2n) is 13.5. The van der Waals surface area contributed by atoms with Gasteiger partial charge in [0.1, 0.15) is 11.2 Å². The molecule has 6 aromatic carbocycles. The van der Waals surface area contributed by atoms with Crippen molar-refractivity contribution in [3.05, 3.63) is 200 Å². The van der Waals surface area contributed by atoms with Gasteiger partial charge in [0.25, 0.3) is 0 Å². The molecule has 0 saturated carbocycles. The maximum atomic E-state index is 6.45. The van der Waals surface area contributed by atoms with E-state index in [1.165, 1.54) is 22.1 Å². The van der Waals surface area contributed by atoms with Gasteiger partial charge in [0.15, 0.2) is 17.5 Å². The third-order valence-electron chi connectivity index (χ3n) is 10.1. The van der Waals surface area contributed by atoms with E-state index in [0.29, 0.717) is 17.5 Å². The van der Waals surface area contributed by atoms with Crippen molar-refractivity contribution in [1.82, 2.24) is 15.0 Å². The number of hydrogen-bond acceptors (Lipinski definition) is 4. The lowest BCUT2D eigenvalue weighted by molar-refractivity contribution is 0.669. The monoisotopic (exact) mass is 695 g/mol. The fourth-order valence-electron chi connectivity index (χ4n) is 7.34. The quantitative estimate of drug-likeness (QED) is 0.141. The van der Waals surface area contributed by atoms with Crippen LogP contribution in [0.2, 0.25) is 0 Å². The molecule has 4 nitrogen and oxygen atoms in total. The molecule has 0 aliphatic heterocycles. The van der Waals surface area contributed by atoms with Crippen molar-refractivity contribution < 1.29 is 4.42 Å². The summed E-state index contributed by atoms with van der Waals surface area (Å²) >= 11 is 0. The van der Waals surface area contributed by atoms with Gasteiger partial charge in [-0.1, -0.05) is 158 Å². The fourth-order valence-corrected chi connectivity index (χ4v) is 7.34. The standard InChI is InChI=1S/C50H37N3O/c1-2-3-4-5-7-14-34-21-23-38(24-22-34)42-31-32-45-46(43-19-12-13-20-44(43)54-45)47(42)50-52-48(39-28-25-37(26-29-39)35-15-8-6-9-16-35)51-49(53-50)41-30-27-36-17-10-11-18-40(36)33-41/h2-13,15-25,27-28,30-33H,1,14,26,29H2/b4-3-,7-5-. The molecular formula is C50H37N3O. The molecular weight excluding hydrogens is 659 g/mol. The minimum absolute atomic E-state index is 0.620. The number of benzene rings is 6. The van der Waals surface area contributed by atoms with Gasteiger partial charge in [0.2, 0.25) is 0 Å². The first-order chi connectivity index (χ1) is 26.7. The molecule has 258 valence electrons. The molecule has 2 aromatic heterocycles. The van der Waals surface area contributed by atoms with E-state index < -0.39 is 0 Å². The van der Waals surface area contributed by atoms with E-state index in [1.807, 2.05) is 24.3 Å². The molecule has 0 amide bonds. The minimum atomic E-state index is 0.620. The molecule has 54 heavy (non-hydrogen) atoms. The van der Waals surface area contributed by atoms with Crippen molar-refractivity contribution in [2.24, 2.45) is 0 Å². The fraction of sp³-hybridized carbons (Fsp3) is 0.0600. The molecule has 1 aliphatic rings. The van der Waals surface area contributed by atoms with Crippen LogP contribution in [0.3, 0.4) is 0 Å². The first-order valence-corrected chi connectivity index (χ1v) is 18.4. The second-order valence-corrected chi connectivity index (χ2v) is 13.5. The van der Waals surface area contributed by atoms with Gasteiger partial charge in [-0.25, -0.2) is 15.0 Å². The van der Waals surface area contributed by atoms with Crippen LogP contribution in [0.25, 0.3) is 77.8 Å². The van der Waals surface area contributed by atoms with E-state index in [2.05, 4.69) is 152 Å². The van der Waals surface area contributed by atoms with Crippen LogP contribution in [0.1, 0.15) is 29.8 Å². The predicted octanol–water partition coefficient (Wildman–Crippen LogP) is 13.0. The second kappa shape index (κ2) is 14.6. The first-order valence-electron chi connectivity index (χ1n) is 18.4. The molecule has 0 N–H and O–H groups in total. The summed E-state index contributed by atoms with van der Waals surface area (Å²) in [5.41, 5.74) is 10.5. The van der Waals surface area contributed by atoms with Gasteiger partial charge < -0.3 is 4.42 Å². The lowest BCUT2D eigenvalue weighted by Crippen LogP contribution is -2.05. The van der Waals surface area contributed by atoms with Crippen molar-refractivity contribution >= 4 is 43.9 Å².